The van der Waals surface area contributed by atoms with E-state index in [0.717, 1.165) is 37.6 Å². The molecule has 1 aromatic rings. The number of hydrogen-bond donors (Lipinski definition) is 1. The van der Waals surface area contributed by atoms with Crippen LogP contribution in [0.4, 0.5) is 5.95 Å². The molecule has 1 atom stereocenters. The summed E-state index contributed by atoms with van der Waals surface area (Å²) < 4.78 is 12.1. The van der Waals surface area contributed by atoms with Gasteiger partial charge in [-0.2, -0.15) is 0 Å². The first-order valence-electron chi connectivity index (χ1n) is 9.01. The minimum atomic E-state index is -0.433. The average molecular weight is 348 g/mol. The zero-order valence-electron chi connectivity index (χ0n) is 15.9. The lowest BCUT2D eigenvalue weighted by Gasteiger charge is -2.39. The Balaban J connectivity index is 1.67. The molecular formula is C17H29BN4O3. The molecule has 2 aliphatic heterocycles. The van der Waals surface area contributed by atoms with Gasteiger partial charge in [0.1, 0.15) is 0 Å². The van der Waals surface area contributed by atoms with E-state index in [1.54, 1.807) is 12.4 Å². The van der Waals surface area contributed by atoms with E-state index in [0.29, 0.717) is 6.04 Å². The number of aromatic nitrogens is 2. The second-order valence-electron chi connectivity index (χ2n) is 7.97. The number of aliphatic hydroxyl groups excluding tert-OH is 1. The largest absolute Gasteiger partial charge is 0.498 e. The van der Waals surface area contributed by atoms with E-state index in [2.05, 4.69) is 26.7 Å². The first-order chi connectivity index (χ1) is 11.7. The van der Waals surface area contributed by atoms with E-state index >= 15 is 0 Å². The highest BCUT2D eigenvalue weighted by Crippen LogP contribution is 2.36. The Morgan fingerprint density at radius 2 is 1.76 bits per heavy atom. The Hall–Kier alpha value is -1.22. The van der Waals surface area contributed by atoms with Crippen molar-refractivity contribution in [2.75, 3.05) is 37.7 Å². The molecule has 0 saturated carbocycles. The molecule has 0 bridgehead atoms. The van der Waals surface area contributed by atoms with Crippen LogP contribution in [-0.4, -0.2) is 77.1 Å². The van der Waals surface area contributed by atoms with Crippen LogP contribution in [0.5, 0.6) is 0 Å². The number of nitrogens with zero attached hydrogens (tertiary/aromatic N) is 4. The maximum atomic E-state index is 9.09. The summed E-state index contributed by atoms with van der Waals surface area (Å²) in [6.45, 7) is 13.9. The third-order valence-corrected chi connectivity index (χ3v) is 5.57. The Bertz CT molecular complexity index is 580. The van der Waals surface area contributed by atoms with Crippen molar-refractivity contribution >= 4 is 18.5 Å². The van der Waals surface area contributed by atoms with Gasteiger partial charge in [-0.05, 0) is 34.6 Å². The van der Waals surface area contributed by atoms with Crippen LogP contribution in [-0.2, 0) is 9.31 Å². The summed E-state index contributed by atoms with van der Waals surface area (Å²) in [6.07, 6.45) is 3.61. The predicted octanol–water partition coefficient (Wildman–Crippen LogP) is 0.279. The van der Waals surface area contributed by atoms with Crippen molar-refractivity contribution in [2.45, 2.75) is 51.9 Å². The van der Waals surface area contributed by atoms with Crippen molar-refractivity contribution in [1.29, 1.82) is 0 Å². The molecule has 25 heavy (non-hydrogen) atoms. The SMILES string of the molecule is CC1CN(CCO)CCN1c1ncc(B2OC(C)(C)C(C)(C)O2)cn1. The lowest BCUT2D eigenvalue weighted by Crippen LogP contribution is -2.53. The molecule has 3 heterocycles. The van der Waals surface area contributed by atoms with Gasteiger partial charge in [-0.25, -0.2) is 9.97 Å². The summed E-state index contributed by atoms with van der Waals surface area (Å²) >= 11 is 0. The summed E-state index contributed by atoms with van der Waals surface area (Å²) in [4.78, 5) is 13.6. The fourth-order valence-electron chi connectivity index (χ4n) is 3.26. The Morgan fingerprint density at radius 1 is 1.16 bits per heavy atom. The van der Waals surface area contributed by atoms with Crippen molar-refractivity contribution in [3.8, 4) is 0 Å². The summed E-state index contributed by atoms with van der Waals surface area (Å²) in [5, 5.41) is 9.09. The fraction of sp³-hybridized carbons (Fsp3) is 0.765. The minimum absolute atomic E-state index is 0.200. The van der Waals surface area contributed by atoms with E-state index in [1.165, 1.54) is 0 Å². The molecule has 2 saturated heterocycles. The lowest BCUT2D eigenvalue weighted by atomic mass is 9.81. The topological polar surface area (TPSA) is 71.0 Å². The van der Waals surface area contributed by atoms with Gasteiger partial charge in [0.15, 0.2) is 0 Å². The van der Waals surface area contributed by atoms with Crippen LogP contribution in [0.2, 0.25) is 0 Å². The monoisotopic (exact) mass is 348 g/mol. The molecule has 7 nitrogen and oxygen atoms in total. The molecule has 0 amide bonds. The Morgan fingerprint density at radius 3 is 2.28 bits per heavy atom. The van der Waals surface area contributed by atoms with Gasteiger partial charge in [-0.1, -0.05) is 0 Å². The molecule has 2 aliphatic rings. The maximum absolute atomic E-state index is 9.09. The number of β-amino-alcohol motifs (C(OH)–C–C–N with tert-alkyl or cyclic N) is 1. The summed E-state index contributed by atoms with van der Waals surface area (Å²) in [5.74, 6) is 0.733. The van der Waals surface area contributed by atoms with Crippen molar-refractivity contribution in [2.24, 2.45) is 0 Å². The van der Waals surface area contributed by atoms with Crippen LogP contribution in [0.3, 0.4) is 0 Å². The van der Waals surface area contributed by atoms with Gasteiger partial charge in [-0.3, -0.25) is 4.90 Å². The van der Waals surface area contributed by atoms with Crippen molar-refractivity contribution in [3.05, 3.63) is 12.4 Å². The molecule has 1 N–H and O–H groups in total. The van der Waals surface area contributed by atoms with Crippen LogP contribution in [0, 0.1) is 0 Å². The number of hydrogen-bond acceptors (Lipinski definition) is 7. The highest BCUT2D eigenvalue weighted by molar-refractivity contribution is 6.61. The van der Waals surface area contributed by atoms with Crippen LogP contribution in [0.1, 0.15) is 34.6 Å². The smallest absolute Gasteiger partial charge is 0.399 e. The third kappa shape index (κ3) is 3.67. The lowest BCUT2D eigenvalue weighted by molar-refractivity contribution is 0.00578. The van der Waals surface area contributed by atoms with Gasteiger partial charge >= 0.3 is 7.12 Å². The van der Waals surface area contributed by atoms with Crippen LogP contribution >= 0.6 is 0 Å². The molecule has 138 valence electrons. The maximum Gasteiger partial charge on any atom is 0.498 e. The number of piperazine rings is 1. The quantitative estimate of drug-likeness (QED) is 0.784. The third-order valence-electron chi connectivity index (χ3n) is 5.57. The summed E-state index contributed by atoms with van der Waals surface area (Å²) in [7, 11) is -0.433. The number of rotatable bonds is 4. The van der Waals surface area contributed by atoms with Gasteiger partial charge in [0.05, 0.1) is 17.8 Å². The van der Waals surface area contributed by atoms with Gasteiger partial charge in [0.25, 0.3) is 0 Å². The molecule has 3 rings (SSSR count). The molecule has 0 radical (unpaired) electrons. The summed E-state index contributed by atoms with van der Waals surface area (Å²) in [6, 6.07) is 0.308. The summed E-state index contributed by atoms with van der Waals surface area (Å²) in [5.41, 5.74) is 0.107. The first kappa shape index (κ1) is 18.6. The average Bonchev–Trinajstić information content (AvgIpc) is 2.76. The van der Waals surface area contributed by atoms with Crippen molar-refractivity contribution in [1.82, 2.24) is 14.9 Å². The second-order valence-corrected chi connectivity index (χ2v) is 7.97. The van der Waals surface area contributed by atoms with Crippen LogP contribution in [0.25, 0.3) is 0 Å². The molecule has 0 aliphatic carbocycles. The normalized spacial score (nSPS) is 26.2. The van der Waals surface area contributed by atoms with Crippen molar-refractivity contribution in [3.63, 3.8) is 0 Å². The zero-order chi connectivity index (χ0) is 18.2. The standard InChI is InChI=1S/C17H29BN4O3/c1-13-12-21(8-9-23)6-7-22(13)15-19-10-14(11-20-15)18-24-16(2,3)17(4,5)25-18/h10-11,13,23H,6-9,12H2,1-5H3. The first-order valence-corrected chi connectivity index (χ1v) is 9.01. The molecule has 0 aromatic carbocycles. The molecule has 8 heteroatoms. The molecule has 0 spiro atoms. The minimum Gasteiger partial charge on any atom is -0.399 e. The molecular weight excluding hydrogens is 319 g/mol. The van der Waals surface area contributed by atoms with E-state index in [9.17, 15) is 0 Å². The molecule has 2 fully saturated rings. The highest BCUT2D eigenvalue weighted by Gasteiger charge is 2.52. The van der Waals surface area contributed by atoms with E-state index < -0.39 is 7.12 Å². The van der Waals surface area contributed by atoms with Crippen molar-refractivity contribution < 1.29 is 14.4 Å². The van der Waals surface area contributed by atoms with E-state index in [-0.39, 0.29) is 17.8 Å². The Labute approximate surface area is 150 Å². The predicted molar refractivity (Wildman–Crippen MR) is 98.1 cm³/mol. The van der Waals surface area contributed by atoms with Crippen LogP contribution < -0.4 is 10.4 Å². The number of anilines is 1. The van der Waals surface area contributed by atoms with Gasteiger partial charge in [0, 0.05) is 50.1 Å². The second kappa shape index (κ2) is 6.83. The molecule has 1 unspecified atom stereocenters. The van der Waals surface area contributed by atoms with Gasteiger partial charge in [0.2, 0.25) is 5.95 Å². The van der Waals surface area contributed by atoms with E-state index in [4.69, 9.17) is 14.4 Å². The highest BCUT2D eigenvalue weighted by atomic mass is 16.7. The van der Waals surface area contributed by atoms with Crippen LogP contribution in [0.15, 0.2) is 12.4 Å². The zero-order valence-corrected chi connectivity index (χ0v) is 15.9. The van der Waals surface area contributed by atoms with Gasteiger partial charge < -0.3 is 19.3 Å². The van der Waals surface area contributed by atoms with E-state index in [1.807, 2.05) is 27.7 Å². The Kier molecular flexibility index (Phi) is 5.08. The van der Waals surface area contributed by atoms with Gasteiger partial charge in [-0.15, -0.1) is 0 Å². The number of aliphatic hydroxyl groups is 1. The fourth-order valence-corrected chi connectivity index (χ4v) is 3.26. The molecule has 1 aromatic heterocycles.